The number of hydrogen-bond acceptors (Lipinski definition) is 4. The molecule has 1 aromatic carbocycles. The summed E-state index contributed by atoms with van der Waals surface area (Å²) in [5, 5.41) is 3.19. The summed E-state index contributed by atoms with van der Waals surface area (Å²) in [7, 11) is 0. The molecule has 1 aromatic heterocycles. The number of aromatic nitrogens is 2. The van der Waals surface area contributed by atoms with E-state index >= 15 is 0 Å². The van der Waals surface area contributed by atoms with Gasteiger partial charge in [0, 0.05) is 0 Å². The van der Waals surface area contributed by atoms with Crippen molar-refractivity contribution < 1.29 is 4.74 Å². The largest absolute Gasteiger partial charge is 0.479 e. The molecule has 0 spiro atoms. The highest BCUT2D eigenvalue weighted by molar-refractivity contribution is 5.79. The summed E-state index contributed by atoms with van der Waals surface area (Å²) in [5.74, 6) is 1.44. The van der Waals surface area contributed by atoms with Crippen LogP contribution in [0, 0.1) is 0 Å². The van der Waals surface area contributed by atoms with Crippen LogP contribution in [0.5, 0.6) is 0 Å². The third kappa shape index (κ3) is 2.42. The number of hydrogen-bond donors (Lipinski definition) is 1. The summed E-state index contributed by atoms with van der Waals surface area (Å²) in [5.41, 5.74) is 2.59. The maximum Gasteiger partial charge on any atom is 0.192 e. The molecule has 4 heteroatoms. The molecule has 0 fully saturated rings. The Kier molecular flexibility index (Phi) is 3.14. The average molecular weight is 253 g/mol. The molecule has 1 N–H and O–H groups in total. The Balaban J connectivity index is 1.98. The van der Waals surface area contributed by atoms with Crippen LogP contribution in [0.25, 0.3) is 17.1 Å². The first-order valence-electron chi connectivity index (χ1n) is 6.42. The number of para-hydroxylation sites is 2. The first kappa shape index (κ1) is 11.7. The molecule has 0 amide bonds. The van der Waals surface area contributed by atoms with Gasteiger partial charge < -0.3 is 10.1 Å². The molecule has 3 rings (SSSR count). The molecule has 2 heterocycles. The lowest BCUT2D eigenvalue weighted by atomic mass is 10.3. The Hall–Kier alpha value is -2.36. The van der Waals surface area contributed by atoms with Gasteiger partial charge in [-0.3, -0.25) is 0 Å². The molecule has 0 aliphatic carbocycles. The fourth-order valence-electron chi connectivity index (χ4n) is 1.90. The molecule has 19 heavy (non-hydrogen) atoms. The van der Waals surface area contributed by atoms with E-state index in [0.29, 0.717) is 12.5 Å². The van der Waals surface area contributed by atoms with Crippen LogP contribution in [0.4, 0.5) is 5.82 Å². The predicted molar refractivity (Wildman–Crippen MR) is 76.5 cm³/mol. The average Bonchev–Trinajstić information content (AvgIpc) is 2.64. The maximum absolute atomic E-state index is 5.61. The van der Waals surface area contributed by atoms with Crippen LogP contribution in [-0.2, 0) is 4.74 Å². The predicted octanol–water partition coefficient (Wildman–Crippen LogP) is 3.34. The van der Waals surface area contributed by atoms with Gasteiger partial charge in [-0.05, 0) is 30.7 Å². The Bertz CT molecular complexity index is 661. The van der Waals surface area contributed by atoms with Crippen molar-refractivity contribution in [3.05, 3.63) is 48.0 Å². The van der Waals surface area contributed by atoms with Gasteiger partial charge in [0.15, 0.2) is 11.7 Å². The van der Waals surface area contributed by atoms with E-state index in [2.05, 4.69) is 22.2 Å². The molecule has 0 saturated carbocycles. The Morgan fingerprint density at radius 1 is 1.16 bits per heavy atom. The van der Waals surface area contributed by atoms with Crippen molar-refractivity contribution >= 4 is 22.9 Å². The van der Waals surface area contributed by atoms with Crippen molar-refractivity contribution in [1.29, 1.82) is 0 Å². The van der Waals surface area contributed by atoms with Crippen LogP contribution in [0.3, 0.4) is 0 Å². The molecule has 96 valence electrons. The first-order valence-corrected chi connectivity index (χ1v) is 6.42. The van der Waals surface area contributed by atoms with Gasteiger partial charge in [-0.2, -0.15) is 0 Å². The number of rotatable bonds is 3. The van der Waals surface area contributed by atoms with E-state index in [-0.39, 0.29) is 0 Å². The molecular formula is C15H15N3O. The van der Waals surface area contributed by atoms with E-state index in [9.17, 15) is 0 Å². The summed E-state index contributed by atoms with van der Waals surface area (Å²) in [4.78, 5) is 9.18. The summed E-state index contributed by atoms with van der Waals surface area (Å²) in [6.07, 6.45) is 6.72. The van der Waals surface area contributed by atoms with Crippen molar-refractivity contribution in [1.82, 2.24) is 9.97 Å². The molecule has 0 bridgehead atoms. The van der Waals surface area contributed by atoms with Gasteiger partial charge in [-0.15, -0.1) is 0 Å². The molecule has 1 aliphatic heterocycles. The second-order valence-electron chi connectivity index (χ2n) is 4.31. The summed E-state index contributed by atoms with van der Waals surface area (Å²) >= 11 is 0. The van der Waals surface area contributed by atoms with Crippen LogP contribution in [0.1, 0.15) is 19.0 Å². The van der Waals surface area contributed by atoms with E-state index in [1.54, 1.807) is 0 Å². The molecule has 0 saturated heterocycles. The van der Waals surface area contributed by atoms with Gasteiger partial charge in [-0.25, -0.2) is 9.97 Å². The van der Waals surface area contributed by atoms with E-state index in [0.717, 1.165) is 29.0 Å². The smallest absolute Gasteiger partial charge is 0.192 e. The van der Waals surface area contributed by atoms with Crippen molar-refractivity contribution in [3.63, 3.8) is 0 Å². The molecule has 0 atom stereocenters. The van der Waals surface area contributed by atoms with E-state index in [1.807, 2.05) is 42.5 Å². The standard InChI is InChI=1S/C15H15N3O/c1-2-10-19-14-9-5-8-13-15(18-14)17-12-7-4-3-6-11(12)16-13/h3-9H,2,10H2,1H3,(H,17,18). The van der Waals surface area contributed by atoms with Crippen LogP contribution in [0.15, 0.2) is 42.3 Å². The Labute approximate surface area is 111 Å². The molecule has 0 radical (unpaired) electrons. The van der Waals surface area contributed by atoms with Crippen LogP contribution < -0.4 is 5.32 Å². The van der Waals surface area contributed by atoms with Crippen LogP contribution >= 0.6 is 0 Å². The van der Waals surface area contributed by atoms with Crippen molar-refractivity contribution in [3.8, 4) is 0 Å². The fourth-order valence-corrected chi connectivity index (χ4v) is 1.90. The number of fused-ring (bicyclic) bond motifs is 2. The monoisotopic (exact) mass is 253 g/mol. The maximum atomic E-state index is 5.61. The third-order valence-electron chi connectivity index (χ3n) is 2.80. The van der Waals surface area contributed by atoms with E-state index in [1.165, 1.54) is 0 Å². The summed E-state index contributed by atoms with van der Waals surface area (Å²) in [6.45, 7) is 2.76. The zero-order valence-electron chi connectivity index (χ0n) is 10.8. The van der Waals surface area contributed by atoms with Gasteiger partial charge in [0.25, 0.3) is 0 Å². The normalized spacial score (nSPS) is 13.4. The minimum Gasteiger partial charge on any atom is -0.479 e. The highest BCUT2D eigenvalue weighted by atomic mass is 16.5. The topological polar surface area (TPSA) is 47.0 Å². The second-order valence-corrected chi connectivity index (χ2v) is 4.31. The Morgan fingerprint density at radius 2 is 1.95 bits per heavy atom. The summed E-state index contributed by atoms with van der Waals surface area (Å²) < 4.78 is 5.61. The number of anilines is 1. The van der Waals surface area contributed by atoms with Gasteiger partial charge in [0.05, 0.1) is 17.6 Å². The lowest BCUT2D eigenvalue weighted by Gasteiger charge is -2.11. The van der Waals surface area contributed by atoms with E-state index in [4.69, 9.17) is 4.74 Å². The molecule has 1 aliphatic rings. The minimum absolute atomic E-state index is 0.684. The molecular weight excluding hydrogens is 238 g/mol. The SMILES string of the molecule is CCCOC1=CC=Cc2nc3ccccc3nc2N1. The lowest BCUT2D eigenvalue weighted by Crippen LogP contribution is -2.07. The second kappa shape index (κ2) is 5.10. The highest BCUT2D eigenvalue weighted by Crippen LogP contribution is 2.21. The van der Waals surface area contributed by atoms with Gasteiger partial charge in [-0.1, -0.05) is 25.1 Å². The quantitative estimate of drug-likeness (QED) is 0.911. The van der Waals surface area contributed by atoms with Gasteiger partial charge in [0.2, 0.25) is 0 Å². The molecule has 4 nitrogen and oxygen atoms in total. The zero-order chi connectivity index (χ0) is 13.1. The lowest BCUT2D eigenvalue weighted by molar-refractivity contribution is 0.217. The number of allylic oxidation sites excluding steroid dienone is 2. The van der Waals surface area contributed by atoms with Crippen molar-refractivity contribution in [2.45, 2.75) is 13.3 Å². The van der Waals surface area contributed by atoms with E-state index < -0.39 is 0 Å². The highest BCUT2D eigenvalue weighted by Gasteiger charge is 2.10. The fraction of sp³-hybridized carbons (Fsp3) is 0.200. The summed E-state index contributed by atoms with van der Waals surface area (Å²) in [6, 6.07) is 7.84. The molecule has 2 aromatic rings. The number of benzene rings is 1. The molecule has 0 unspecified atom stereocenters. The number of ether oxygens (including phenoxy) is 1. The zero-order valence-corrected chi connectivity index (χ0v) is 10.8. The van der Waals surface area contributed by atoms with Crippen LogP contribution in [0.2, 0.25) is 0 Å². The Morgan fingerprint density at radius 3 is 2.74 bits per heavy atom. The number of nitrogens with zero attached hydrogens (tertiary/aromatic N) is 2. The number of nitrogens with one attached hydrogen (secondary N) is 1. The van der Waals surface area contributed by atoms with Gasteiger partial charge in [0.1, 0.15) is 5.69 Å². The van der Waals surface area contributed by atoms with Crippen molar-refractivity contribution in [2.24, 2.45) is 0 Å². The van der Waals surface area contributed by atoms with Crippen LogP contribution in [-0.4, -0.2) is 16.6 Å². The van der Waals surface area contributed by atoms with Gasteiger partial charge >= 0.3 is 0 Å². The minimum atomic E-state index is 0.684. The first-order chi connectivity index (χ1) is 9.36. The van der Waals surface area contributed by atoms with Crippen molar-refractivity contribution in [2.75, 3.05) is 11.9 Å². The third-order valence-corrected chi connectivity index (χ3v) is 2.80.